The van der Waals surface area contributed by atoms with E-state index in [4.69, 9.17) is 21.1 Å². The highest BCUT2D eigenvalue weighted by molar-refractivity contribution is 6.31. The average molecular weight is 287 g/mol. The summed E-state index contributed by atoms with van der Waals surface area (Å²) in [5.41, 5.74) is 0.995. The molecule has 0 amide bonds. The Morgan fingerprint density at radius 3 is 2.79 bits per heavy atom. The summed E-state index contributed by atoms with van der Waals surface area (Å²) in [6.07, 6.45) is 2.64. The van der Waals surface area contributed by atoms with Gasteiger partial charge in [0.25, 0.3) is 0 Å². The maximum atomic E-state index is 6.10. The molecule has 0 aliphatic heterocycles. The first-order chi connectivity index (χ1) is 9.13. The summed E-state index contributed by atoms with van der Waals surface area (Å²) in [4.78, 5) is 4.15. The Morgan fingerprint density at radius 1 is 1.32 bits per heavy atom. The molecule has 1 heterocycles. The number of rotatable bonds is 9. The van der Waals surface area contributed by atoms with Gasteiger partial charge in [-0.1, -0.05) is 32.4 Å². The Kier molecular flexibility index (Phi) is 7.79. The first-order valence-electron chi connectivity index (χ1n) is 6.71. The molecule has 0 unspecified atom stereocenters. The molecule has 0 atom stereocenters. The third kappa shape index (κ3) is 6.76. The van der Waals surface area contributed by atoms with E-state index in [2.05, 4.69) is 31.1 Å². The van der Waals surface area contributed by atoms with Crippen LogP contribution in [0.5, 0.6) is 5.88 Å². The van der Waals surface area contributed by atoms with Gasteiger partial charge < -0.3 is 14.8 Å². The van der Waals surface area contributed by atoms with Gasteiger partial charge in [-0.3, -0.25) is 0 Å². The second-order valence-electron chi connectivity index (χ2n) is 4.61. The summed E-state index contributed by atoms with van der Waals surface area (Å²) < 4.78 is 10.9. The van der Waals surface area contributed by atoms with Gasteiger partial charge in [0.15, 0.2) is 0 Å². The lowest BCUT2D eigenvalue weighted by atomic mass is 10.2. The van der Waals surface area contributed by atoms with Crippen molar-refractivity contribution in [3.8, 4) is 5.88 Å². The Hall–Kier alpha value is -0.840. The normalized spacial score (nSPS) is 11.0. The van der Waals surface area contributed by atoms with E-state index in [0.717, 1.165) is 18.6 Å². The molecule has 1 rings (SSSR count). The zero-order valence-corrected chi connectivity index (χ0v) is 12.7. The van der Waals surface area contributed by atoms with Crippen molar-refractivity contribution in [2.75, 3.05) is 19.8 Å². The van der Waals surface area contributed by atoms with Crippen LogP contribution in [0.3, 0.4) is 0 Å². The van der Waals surface area contributed by atoms with Crippen LogP contribution in [-0.2, 0) is 11.3 Å². The van der Waals surface area contributed by atoms with Crippen molar-refractivity contribution in [1.82, 2.24) is 10.3 Å². The Labute approximate surface area is 120 Å². The van der Waals surface area contributed by atoms with Gasteiger partial charge in [0.2, 0.25) is 5.88 Å². The van der Waals surface area contributed by atoms with Gasteiger partial charge in [-0.25, -0.2) is 4.98 Å². The first-order valence-corrected chi connectivity index (χ1v) is 7.09. The molecule has 0 fully saturated rings. The predicted octanol–water partition coefficient (Wildman–Crippen LogP) is 3.04. The summed E-state index contributed by atoms with van der Waals surface area (Å²) in [6, 6.07) is 2.29. The Bertz CT molecular complexity index is 372. The first kappa shape index (κ1) is 16.2. The van der Waals surface area contributed by atoms with Gasteiger partial charge in [-0.2, -0.15) is 0 Å². The standard InChI is InChI=1S/C14H23ClN2O2/c1-4-5-18-6-7-19-14-8-12(9-16-11(2)3)13(15)10-17-14/h8,10-11,16H,4-7,9H2,1-3H3. The topological polar surface area (TPSA) is 43.4 Å². The second-order valence-corrected chi connectivity index (χ2v) is 5.02. The summed E-state index contributed by atoms with van der Waals surface area (Å²) >= 11 is 6.10. The van der Waals surface area contributed by atoms with Crippen molar-refractivity contribution >= 4 is 11.6 Å². The summed E-state index contributed by atoms with van der Waals surface area (Å²) in [7, 11) is 0. The fourth-order valence-corrected chi connectivity index (χ4v) is 1.61. The third-order valence-electron chi connectivity index (χ3n) is 2.44. The van der Waals surface area contributed by atoms with Crippen LogP contribution in [0.4, 0.5) is 0 Å². The Morgan fingerprint density at radius 2 is 2.11 bits per heavy atom. The molecule has 1 aromatic rings. The number of pyridine rings is 1. The molecule has 0 aliphatic carbocycles. The van der Waals surface area contributed by atoms with Gasteiger partial charge in [0, 0.05) is 31.5 Å². The third-order valence-corrected chi connectivity index (χ3v) is 2.78. The molecule has 4 nitrogen and oxygen atoms in total. The minimum absolute atomic E-state index is 0.413. The minimum atomic E-state index is 0.413. The molecule has 0 aliphatic rings. The molecule has 0 bridgehead atoms. The molecule has 1 aromatic heterocycles. The van der Waals surface area contributed by atoms with Crippen molar-refractivity contribution in [2.45, 2.75) is 39.8 Å². The van der Waals surface area contributed by atoms with Crippen LogP contribution in [0, 0.1) is 0 Å². The number of nitrogens with one attached hydrogen (secondary N) is 1. The summed E-state index contributed by atoms with van der Waals surface area (Å²) in [5.74, 6) is 0.588. The lowest BCUT2D eigenvalue weighted by molar-refractivity contribution is 0.0990. The van der Waals surface area contributed by atoms with E-state index in [1.54, 1.807) is 6.20 Å². The lowest BCUT2D eigenvalue weighted by Gasteiger charge is -2.11. The van der Waals surface area contributed by atoms with Gasteiger partial charge in [0.05, 0.1) is 11.6 Å². The summed E-state index contributed by atoms with van der Waals surface area (Å²) in [6.45, 7) is 8.83. The number of nitrogens with zero attached hydrogens (tertiary/aromatic N) is 1. The highest BCUT2D eigenvalue weighted by atomic mass is 35.5. The van der Waals surface area contributed by atoms with Crippen molar-refractivity contribution in [2.24, 2.45) is 0 Å². The van der Waals surface area contributed by atoms with Gasteiger partial charge in [-0.05, 0) is 12.0 Å². The fraction of sp³-hybridized carbons (Fsp3) is 0.643. The number of halogens is 1. The molecule has 0 radical (unpaired) electrons. The van der Waals surface area contributed by atoms with Crippen LogP contribution in [0.2, 0.25) is 5.02 Å². The van der Waals surface area contributed by atoms with E-state index in [1.807, 2.05) is 6.07 Å². The smallest absolute Gasteiger partial charge is 0.213 e. The van der Waals surface area contributed by atoms with Crippen molar-refractivity contribution in [3.63, 3.8) is 0 Å². The minimum Gasteiger partial charge on any atom is -0.475 e. The van der Waals surface area contributed by atoms with Gasteiger partial charge >= 0.3 is 0 Å². The molecule has 0 saturated carbocycles. The molecule has 0 saturated heterocycles. The molecular weight excluding hydrogens is 264 g/mol. The van der Waals surface area contributed by atoms with Crippen LogP contribution < -0.4 is 10.1 Å². The van der Waals surface area contributed by atoms with Crippen molar-refractivity contribution in [1.29, 1.82) is 0 Å². The molecule has 19 heavy (non-hydrogen) atoms. The number of aromatic nitrogens is 1. The Balaban J connectivity index is 2.43. The maximum absolute atomic E-state index is 6.10. The zero-order chi connectivity index (χ0) is 14.1. The van der Waals surface area contributed by atoms with Crippen molar-refractivity contribution < 1.29 is 9.47 Å². The molecule has 0 spiro atoms. The largest absolute Gasteiger partial charge is 0.475 e. The van der Waals surface area contributed by atoms with Crippen LogP contribution in [0.25, 0.3) is 0 Å². The second kappa shape index (κ2) is 9.13. The van der Waals surface area contributed by atoms with E-state index >= 15 is 0 Å². The van der Waals surface area contributed by atoms with Crippen LogP contribution in [-0.4, -0.2) is 30.8 Å². The van der Waals surface area contributed by atoms with Crippen molar-refractivity contribution in [3.05, 3.63) is 22.8 Å². The van der Waals surface area contributed by atoms with E-state index in [-0.39, 0.29) is 0 Å². The van der Waals surface area contributed by atoms with E-state index in [0.29, 0.717) is 36.7 Å². The molecule has 108 valence electrons. The van der Waals surface area contributed by atoms with E-state index in [1.165, 1.54) is 0 Å². The lowest BCUT2D eigenvalue weighted by Crippen LogP contribution is -2.22. The average Bonchev–Trinajstić information content (AvgIpc) is 2.38. The van der Waals surface area contributed by atoms with E-state index in [9.17, 15) is 0 Å². The molecule has 0 aromatic carbocycles. The molecule has 5 heteroatoms. The zero-order valence-electron chi connectivity index (χ0n) is 11.9. The van der Waals surface area contributed by atoms with Gasteiger partial charge in [-0.15, -0.1) is 0 Å². The quantitative estimate of drug-likeness (QED) is 0.709. The monoisotopic (exact) mass is 286 g/mol. The SMILES string of the molecule is CCCOCCOc1cc(CNC(C)C)c(Cl)cn1. The number of hydrogen-bond acceptors (Lipinski definition) is 4. The highest BCUT2D eigenvalue weighted by Crippen LogP contribution is 2.19. The van der Waals surface area contributed by atoms with Crippen LogP contribution in [0.15, 0.2) is 12.3 Å². The van der Waals surface area contributed by atoms with E-state index < -0.39 is 0 Å². The molecular formula is C14H23ClN2O2. The number of ether oxygens (including phenoxy) is 2. The maximum Gasteiger partial charge on any atom is 0.213 e. The highest BCUT2D eigenvalue weighted by Gasteiger charge is 2.05. The predicted molar refractivity (Wildman–Crippen MR) is 77.8 cm³/mol. The number of hydrogen-bond donors (Lipinski definition) is 1. The van der Waals surface area contributed by atoms with Crippen LogP contribution in [0.1, 0.15) is 32.8 Å². The van der Waals surface area contributed by atoms with Gasteiger partial charge in [0.1, 0.15) is 6.61 Å². The fourth-order valence-electron chi connectivity index (χ4n) is 1.44. The van der Waals surface area contributed by atoms with Crippen LogP contribution >= 0.6 is 11.6 Å². The molecule has 1 N–H and O–H groups in total. The summed E-state index contributed by atoms with van der Waals surface area (Å²) in [5, 5.41) is 3.98.